The molecule has 0 aliphatic heterocycles. The van der Waals surface area contributed by atoms with E-state index in [1.807, 2.05) is 0 Å². The number of nitrogens with two attached hydrogens (primary N) is 1. The van der Waals surface area contributed by atoms with Crippen molar-refractivity contribution in [3.05, 3.63) is 0 Å². The van der Waals surface area contributed by atoms with Gasteiger partial charge in [-0.3, -0.25) is 4.79 Å². The van der Waals surface area contributed by atoms with Crippen molar-refractivity contribution in [1.82, 2.24) is 5.32 Å². The minimum Gasteiger partial charge on any atom is -0.351 e. The Morgan fingerprint density at radius 3 is 2.43 bits per heavy atom. The molecule has 78 valence electrons. The summed E-state index contributed by atoms with van der Waals surface area (Å²) < 4.78 is 0. The van der Waals surface area contributed by atoms with E-state index in [1.54, 1.807) is 6.92 Å². The van der Waals surface area contributed by atoms with Crippen LogP contribution >= 0.6 is 0 Å². The van der Waals surface area contributed by atoms with Gasteiger partial charge in [0, 0.05) is 6.04 Å². The molecule has 0 aromatic heterocycles. The van der Waals surface area contributed by atoms with E-state index in [2.05, 4.69) is 5.32 Å². The number of nitrogens with one attached hydrogen (secondary N) is 1. The Labute approximate surface area is 84.4 Å². The summed E-state index contributed by atoms with van der Waals surface area (Å²) in [4.78, 5) is 11.4. The van der Waals surface area contributed by atoms with Gasteiger partial charge in [0.1, 0.15) is 0 Å². The van der Waals surface area contributed by atoms with E-state index in [4.69, 9.17) is 5.73 Å². The predicted octanol–water partition coefficient (Wildman–Crippen LogP) is 0.494. The first-order valence-electron chi connectivity index (χ1n) is 5.74. The molecule has 0 saturated heterocycles. The average Bonchev–Trinajstić information content (AvgIpc) is 2.59. The molecule has 0 spiro atoms. The van der Waals surface area contributed by atoms with E-state index in [0.29, 0.717) is 6.04 Å². The van der Waals surface area contributed by atoms with Crippen molar-refractivity contribution < 1.29 is 4.79 Å². The molecular formula is C11H18N2O. The van der Waals surface area contributed by atoms with E-state index in [1.165, 1.54) is 19.3 Å². The van der Waals surface area contributed by atoms with Crippen LogP contribution in [0.5, 0.6) is 0 Å². The maximum Gasteiger partial charge on any atom is 0.236 e. The van der Waals surface area contributed by atoms with Crippen LogP contribution in [0.25, 0.3) is 0 Å². The molecular weight excluding hydrogens is 176 g/mol. The Balaban J connectivity index is 1.61. The Hall–Kier alpha value is -0.570. The fraction of sp³-hybridized carbons (Fsp3) is 0.909. The van der Waals surface area contributed by atoms with Gasteiger partial charge in [0.25, 0.3) is 0 Å². The molecule has 0 aromatic carbocycles. The summed E-state index contributed by atoms with van der Waals surface area (Å²) in [6.45, 7) is 1.75. The zero-order chi connectivity index (χ0) is 9.87. The molecule has 0 heterocycles. The van der Waals surface area contributed by atoms with E-state index in [0.717, 1.165) is 23.7 Å². The van der Waals surface area contributed by atoms with Crippen LogP contribution in [0.2, 0.25) is 0 Å². The van der Waals surface area contributed by atoms with Crippen molar-refractivity contribution in [3.8, 4) is 0 Å². The summed E-state index contributed by atoms with van der Waals surface area (Å²) in [7, 11) is 0. The van der Waals surface area contributed by atoms with Crippen molar-refractivity contribution in [2.75, 3.05) is 0 Å². The highest BCUT2D eigenvalue weighted by atomic mass is 16.2. The van der Waals surface area contributed by atoms with Crippen LogP contribution in [0.15, 0.2) is 0 Å². The Morgan fingerprint density at radius 1 is 1.36 bits per heavy atom. The molecule has 0 radical (unpaired) electrons. The van der Waals surface area contributed by atoms with Crippen molar-refractivity contribution in [2.45, 2.75) is 38.3 Å². The van der Waals surface area contributed by atoms with Gasteiger partial charge in [-0.15, -0.1) is 0 Å². The maximum absolute atomic E-state index is 11.4. The third-order valence-electron chi connectivity index (χ3n) is 4.46. The van der Waals surface area contributed by atoms with Crippen LogP contribution in [-0.4, -0.2) is 18.0 Å². The number of fused-ring (bicyclic) bond motifs is 5. The number of hydrogen-bond donors (Lipinski definition) is 2. The lowest BCUT2D eigenvalue weighted by atomic mass is 10.0. The van der Waals surface area contributed by atoms with Gasteiger partial charge < -0.3 is 11.1 Å². The summed E-state index contributed by atoms with van der Waals surface area (Å²) >= 11 is 0. The van der Waals surface area contributed by atoms with Gasteiger partial charge in [-0.05, 0) is 49.9 Å². The van der Waals surface area contributed by atoms with Crippen molar-refractivity contribution in [3.63, 3.8) is 0 Å². The average molecular weight is 194 g/mol. The van der Waals surface area contributed by atoms with Crippen LogP contribution in [0.4, 0.5) is 0 Å². The molecule has 2 bridgehead atoms. The van der Waals surface area contributed by atoms with Crippen molar-refractivity contribution in [1.29, 1.82) is 0 Å². The molecule has 3 aliphatic rings. The molecule has 3 nitrogen and oxygen atoms in total. The highest BCUT2D eigenvalue weighted by molar-refractivity contribution is 5.81. The molecule has 3 rings (SSSR count). The van der Waals surface area contributed by atoms with Gasteiger partial charge in [0.15, 0.2) is 0 Å². The fourth-order valence-electron chi connectivity index (χ4n) is 3.81. The summed E-state index contributed by atoms with van der Waals surface area (Å²) in [5.41, 5.74) is 5.54. The van der Waals surface area contributed by atoms with Crippen LogP contribution in [0.1, 0.15) is 26.2 Å². The van der Waals surface area contributed by atoms with Crippen LogP contribution < -0.4 is 11.1 Å². The third-order valence-corrected chi connectivity index (χ3v) is 4.46. The molecule has 3 N–H and O–H groups in total. The zero-order valence-corrected chi connectivity index (χ0v) is 8.57. The first kappa shape index (κ1) is 8.72. The molecule has 1 amide bonds. The summed E-state index contributed by atoms with van der Waals surface area (Å²) in [6.07, 6.45) is 4.23. The smallest absolute Gasteiger partial charge is 0.236 e. The van der Waals surface area contributed by atoms with E-state index < -0.39 is 0 Å². The summed E-state index contributed by atoms with van der Waals surface area (Å²) in [5.74, 6) is 3.50. The van der Waals surface area contributed by atoms with Gasteiger partial charge in [-0.2, -0.15) is 0 Å². The molecule has 3 saturated carbocycles. The molecule has 4 unspecified atom stereocenters. The van der Waals surface area contributed by atoms with Crippen LogP contribution in [0, 0.1) is 23.7 Å². The summed E-state index contributed by atoms with van der Waals surface area (Å²) in [6, 6.07) is 0.133. The number of hydrogen-bond acceptors (Lipinski definition) is 2. The van der Waals surface area contributed by atoms with E-state index >= 15 is 0 Å². The molecule has 5 atom stereocenters. The number of amides is 1. The Morgan fingerprint density at radius 2 is 1.93 bits per heavy atom. The largest absolute Gasteiger partial charge is 0.351 e. The number of rotatable bonds is 2. The van der Waals surface area contributed by atoms with Crippen LogP contribution in [0.3, 0.4) is 0 Å². The lowest BCUT2D eigenvalue weighted by molar-refractivity contribution is -0.122. The second-order valence-electron chi connectivity index (χ2n) is 5.31. The van der Waals surface area contributed by atoms with Gasteiger partial charge in [0.2, 0.25) is 5.91 Å². The molecule has 3 fully saturated rings. The third kappa shape index (κ3) is 1.05. The molecule has 3 heteroatoms. The normalized spacial score (nSPS) is 50.0. The van der Waals surface area contributed by atoms with E-state index in [9.17, 15) is 4.79 Å². The first-order valence-corrected chi connectivity index (χ1v) is 5.74. The second kappa shape index (κ2) is 2.72. The molecule has 0 aromatic rings. The summed E-state index contributed by atoms with van der Waals surface area (Å²) in [5, 5.41) is 3.09. The SMILES string of the molecule is C[C@H](N)C(=O)NC1C2C3CCC(C3)C12. The first-order chi connectivity index (χ1) is 6.68. The quantitative estimate of drug-likeness (QED) is 0.672. The number of carbonyl (C=O) groups is 1. The molecule has 14 heavy (non-hydrogen) atoms. The van der Waals surface area contributed by atoms with Gasteiger partial charge in [-0.25, -0.2) is 0 Å². The van der Waals surface area contributed by atoms with Gasteiger partial charge in [0.05, 0.1) is 6.04 Å². The number of carbonyl (C=O) groups excluding carboxylic acids is 1. The topological polar surface area (TPSA) is 55.1 Å². The fourth-order valence-corrected chi connectivity index (χ4v) is 3.81. The second-order valence-corrected chi connectivity index (χ2v) is 5.31. The Bertz CT molecular complexity index is 260. The lowest BCUT2D eigenvalue weighted by Gasteiger charge is -2.11. The monoisotopic (exact) mass is 194 g/mol. The Kier molecular flexibility index (Phi) is 1.69. The minimum atomic E-state index is -0.353. The molecule has 3 aliphatic carbocycles. The van der Waals surface area contributed by atoms with Crippen molar-refractivity contribution in [2.24, 2.45) is 29.4 Å². The minimum absolute atomic E-state index is 0.0313. The maximum atomic E-state index is 11.4. The predicted molar refractivity (Wildman–Crippen MR) is 53.4 cm³/mol. The van der Waals surface area contributed by atoms with Gasteiger partial charge >= 0.3 is 0 Å². The highest BCUT2D eigenvalue weighted by Gasteiger charge is 2.65. The highest BCUT2D eigenvalue weighted by Crippen LogP contribution is 2.65. The zero-order valence-electron chi connectivity index (χ0n) is 8.57. The van der Waals surface area contributed by atoms with E-state index in [-0.39, 0.29) is 11.9 Å². The standard InChI is InChI=1S/C11H18N2O/c1-5(12)11(14)13-10-8-6-2-3-7(4-6)9(8)10/h5-10H,2-4,12H2,1H3,(H,13,14)/t5-,6?,7?,8?,9?,10?/m0/s1. The van der Waals surface area contributed by atoms with Crippen molar-refractivity contribution >= 4 is 5.91 Å². The van der Waals surface area contributed by atoms with Gasteiger partial charge in [-0.1, -0.05) is 0 Å². The lowest BCUT2D eigenvalue weighted by Crippen LogP contribution is -2.41. The van der Waals surface area contributed by atoms with Crippen LogP contribution in [-0.2, 0) is 4.79 Å².